The minimum Gasteiger partial charge on any atom is -0.368 e. The fraction of sp³-hybridized carbons (Fsp3) is 0.286. The van der Waals surface area contributed by atoms with Crippen LogP contribution in [0.3, 0.4) is 0 Å². The lowest BCUT2D eigenvalue weighted by atomic mass is 10.1. The minimum absolute atomic E-state index is 0.0793. The zero-order valence-corrected chi connectivity index (χ0v) is 10.8. The number of carbonyl (C=O) groups is 2. The van der Waals surface area contributed by atoms with Gasteiger partial charge in [0.2, 0.25) is 5.91 Å². The first kappa shape index (κ1) is 14.7. The van der Waals surface area contributed by atoms with Crippen molar-refractivity contribution in [3.63, 3.8) is 0 Å². The monoisotopic (exact) mass is 259 g/mol. The van der Waals surface area contributed by atoms with Gasteiger partial charge in [0, 0.05) is 17.7 Å². The van der Waals surface area contributed by atoms with E-state index in [1.54, 1.807) is 31.2 Å². The van der Waals surface area contributed by atoms with Crippen LogP contribution in [-0.4, -0.2) is 36.3 Å². The van der Waals surface area contributed by atoms with Crippen LogP contribution >= 0.6 is 0 Å². The van der Waals surface area contributed by atoms with Crippen LogP contribution < -0.4 is 11.5 Å². The Kier molecular flexibility index (Phi) is 5.58. The third kappa shape index (κ3) is 4.45. The summed E-state index contributed by atoms with van der Waals surface area (Å²) in [7, 11) is 0. The maximum Gasteiger partial charge on any atom is 0.254 e. The van der Waals surface area contributed by atoms with Crippen molar-refractivity contribution in [3.05, 3.63) is 35.4 Å². The fourth-order valence-electron chi connectivity index (χ4n) is 1.55. The average Bonchev–Trinajstić information content (AvgIpc) is 2.42. The number of amides is 2. The first-order valence-corrected chi connectivity index (χ1v) is 5.95. The Balaban J connectivity index is 2.84. The molecule has 1 aromatic carbocycles. The highest BCUT2D eigenvalue weighted by molar-refractivity contribution is 5.96. The van der Waals surface area contributed by atoms with Gasteiger partial charge in [-0.15, -0.1) is 0 Å². The lowest BCUT2D eigenvalue weighted by Gasteiger charge is -2.18. The summed E-state index contributed by atoms with van der Waals surface area (Å²) in [5, 5.41) is 0. The second-order valence-corrected chi connectivity index (χ2v) is 3.87. The van der Waals surface area contributed by atoms with Gasteiger partial charge in [0.25, 0.3) is 5.91 Å². The van der Waals surface area contributed by atoms with Crippen molar-refractivity contribution < 1.29 is 9.59 Å². The number of rotatable bonds is 4. The van der Waals surface area contributed by atoms with E-state index in [0.29, 0.717) is 18.7 Å². The summed E-state index contributed by atoms with van der Waals surface area (Å²) in [6.07, 6.45) is 0. The molecule has 0 heterocycles. The van der Waals surface area contributed by atoms with E-state index in [4.69, 9.17) is 11.5 Å². The average molecular weight is 259 g/mol. The molecule has 0 radical (unpaired) electrons. The van der Waals surface area contributed by atoms with E-state index in [9.17, 15) is 9.59 Å². The first-order chi connectivity index (χ1) is 9.08. The van der Waals surface area contributed by atoms with E-state index in [2.05, 4.69) is 11.8 Å². The smallest absolute Gasteiger partial charge is 0.254 e. The molecule has 100 valence electrons. The van der Waals surface area contributed by atoms with Crippen LogP contribution in [0.5, 0.6) is 0 Å². The summed E-state index contributed by atoms with van der Waals surface area (Å²) in [5.74, 6) is 4.86. The van der Waals surface area contributed by atoms with Gasteiger partial charge < -0.3 is 16.4 Å². The van der Waals surface area contributed by atoms with Gasteiger partial charge in [-0.1, -0.05) is 11.8 Å². The van der Waals surface area contributed by atoms with Gasteiger partial charge >= 0.3 is 0 Å². The topological polar surface area (TPSA) is 89.4 Å². The van der Waals surface area contributed by atoms with Gasteiger partial charge in [0.15, 0.2) is 0 Å². The van der Waals surface area contributed by atoms with E-state index in [-0.39, 0.29) is 12.5 Å². The standard InChI is InChI=1S/C14H17N3O2/c1-2-17(10-13(16)18)14(19)12-7-5-11(6-8-12)4-3-9-15/h5-8H,2,9-10,15H2,1H3,(H2,16,18). The molecule has 1 rings (SSSR count). The van der Waals surface area contributed by atoms with Crippen molar-refractivity contribution in [3.8, 4) is 11.8 Å². The van der Waals surface area contributed by atoms with Crippen molar-refractivity contribution in [1.82, 2.24) is 4.90 Å². The van der Waals surface area contributed by atoms with E-state index >= 15 is 0 Å². The second kappa shape index (κ2) is 7.19. The zero-order chi connectivity index (χ0) is 14.3. The van der Waals surface area contributed by atoms with Crippen molar-refractivity contribution >= 4 is 11.8 Å². The Bertz CT molecular complexity index is 512. The highest BCUT2D eigenvalue weighted by Gasteiger charge is 2.15. The van der Waals surface area contributed by atoms with E-state index in [0.717, 1.165) is 5.56 Å². The van der Waals surface area contributed by atoms with Crippen molar-refractivity contribution in [2.24, 2.45) is 11.5 Å². The van der Waals surface area contributed by atoms with Crippen molar-refractivity contribution in [2.75, 3.05) is 19.6 Å². The first-order valence-electron chi connectivity index (χ1n) is 5.95. The third-order valence-corrected chi connectivity index (χ3v) is 2.48. The Morgan fingerprint density at radius 2 is 1.89 bits per heavy atom. The molecular weight excluding hydrogens is 242 g/mol. The molecule has 0 aliphatic carbocycles. The maximum atomic E-state index is 12.1. The molecule has 0 spiro atoms. The molecular formula is C14H17N3O2. The number of nitrogens with zero attached hydrogens (tertiary/aromatic N) is 1. The molecule has 0 atom stereocenters. The molecule has 0 unspecified atom stereocenters. The summed E-state index contributed by atoms with van der Waals surface area (Å²) >= 11 is 0. The predicted molar refractivity (Wildman–Crippen MR) is 73.1 cm³/mol. The van der Waals surface area contributed by atoms with Crippen molar-refractivity contribution in [1.29, 1.82) is 0 Å². The van der Waals surface area contributed by atoms with E-state index in [1.165, 1.54) is 4.90 Å². The van der Waals surface area contributed by atoms with Crippen LogP contribution in [-0.2, 0) is 4.79 Å². The number of nitrogens with two attached hydrogens (primary N) is 2. The lowest BCUT2D eigenvalue weighted by molar-refractivity contribution is -0.118. The molecule has 2 amide bonds. The van der Waals surface area contributed by atoms with E-state index in [1.807, 2.05) is 0 Å². The summed E-state index contributed by atoms with van der Waals surface area (Å²) in [6.45, 7) is 2.44. The number of hydrogen-bond acceptors (Lipinski definition) is 3. The van der Waals surface area contributed by atoms with Gasteiger partial charge in [-0.2, -0.15) is 0 Å². The Morgan fingerprint density at radius 3 is 2.37 bits per heavy atom. The molecule has 1 aromatic rings. The predicted octanol–water partition coefficient (Wildman–Crippen LogP) is -0.0558. The van der Waals surface area contributed by atoms with Crippen LogP contribution in [0.25, 0.3) is 0 Å². The number of primary amides is 1. The Hall–Kier alpha value is -2.32. The SMILES string of the molecule is CCN(CC(N)=O)C(=O)c1ccc(C#CCN)cc1. The number of likely N-dealkylation sites (N-methyl/N-ethyl adjacent to an activating group) is 1. The van der Waals surface area contributed by atoms with Crippen LogP contribution in [0.15, 0.2) is 24.3 Å². The molecule has 0 aromatic heterocycles. The molecule has 0 fully saturated rings. The minimum atomic E-state index is -0.527. The molecule has 5 heteroatoms. The Labute approximate surface area is 112 Å². The van der Waals surface area contributed by atoms with Crippen LogP contribution in [0, 0.1) is 11.8 Å². The third-order valence-electron chi connectivity index (χ3n) is 2.48. The van der Waals surface area contributed by atoms with Crippen LogP contribution in [0.1, 0.15) is 22.8 Å². The lowest BCUT2D eigenvalue weighted by Crippen LogP contribution is -2.38. The normalized spacial score (nSPS) is 9.37. The van der Waals surface area contributed by atoms with Gasteiger partial charge in [-0.3, -0.25) is 9.59 Å². The summed E-state index contributed by atoms with van der Waals surface area (Å²) in [5.41, 5.74) is 11.7. The summed E-state index contributed by atoms with van der Waals surface area (Å²) < 4.78 is 0. The molecule has 5 nitrogen and oxygen atoms in total. The van der Waals surface area contributed by atoms with Gasteiger partial charge in [-0.25, -0.2) is 0 Å². The maximum absolute atomic E-state index is 12.1. The van der Waals surface area contributed by atoms with Crippen LogP contribution in [0.4, 0.5) is 0 Å². The molecule has 0 bridgehead atoms. The quantitative estimate of drug-likeness (QED) is 0.743. The van der Waals surface area contributed by atoms with Crippen LogP contribution in [0.2, 0.25) is 0 Å². The molecule has 0 aliphatic heterocycles. The summed E-state index contributed by atoms with van der Waals surface area (Å²) in [4.78, 5) is 24.4. The van der Waals surface area contributed by atoms with Gasteiger partial charge in [0.1, 0.15) is 0 Å². The molecule has 0 saturated heterocycles. The number of carbonyl (C=O) groups excluding carboxylic acids is 2. The molecule has 19 heavy (non-hydrogen) atoms. The largest absolute Gasteiger partial charge is 0.368 e. The second-order valence-electron chi connectivity index (χ2n) is 3.87. The molecule has 4 N–H and O–H groups in total. The molecule has 0 saturated carbocycles. The number of benzene rings is 1. The Morgan fingerprint density at radius 1 is 1.26 bits per heavy atom. The van der Waals surface area contributed by atoms with Gasteiger partial charge in [0.05, 0.1) is 13.1 Å². The van der Waals surface area contributed by atoms with E-state index < -0.39 is 5.91 Å². The van der Waals surface area contributed by atoms with Crippen molar-refractivity contribution in [2.45, 2.75) is 6.92 Å². The molecule has 0 aliphatic rings. The summed E-state index contributed by atoms with van der Waals surface area (Å²) in [6, 6.07) is 6.83. The highest BCUT2D eigenvalue weighted by atomic mass is 16.2. The zero-order valence-electron chi connectivity index (χ0n) is 10.8. The van der Waals surface area contributed by atoms with Gasteiger partial charge in [-0.05, 0) is 31.2 Å². The fourth-order valence-corrected chi connectivity index (χ4v) is 1.55. The number of hydrogen-bond donors (Lipinski definition) is 2. The highest BCUT2D eigenvalue weighted by Crippen LogP contribution is 2.07.